The van der Waals surface area contributed by atoms with Gasteiger partial charge in [0.2, 0.25) is 0 Å². The second kappa shape index (κ2) is 8.45. The van der Waals surface area contributed by atoms with Crippen LogP contribution in [0.2, 0.25) is 0 Å². The van der Waals surface area contributed by atoms with Crippen molar-refractivity contribution >= 4 is 10.9 Å². The number of phenolic OH excluding ortho intramolecular Hbond substituents is 1. The van der Waals surface area contributed by atoms with Gasteiger partial charge in [-0.3, -0.25) is 4.90 Å². The molecule has 1 aliphatic rings. The number of benzene rings is 2. The van der Waals surface area contributed by atoms with Crippen LogP contribution in [-0.2, 0) is 6.42 Å². The minimum absolute atomic E-state index is 0.339. The number of aryl methyl sites for hydroxylation is 1. The zero-order valence-electron chi connectivity index (χ0n) is 15.8. The number of hydrogen-bond acceptors (Lipinski definition) is 2. The molecule has 0 saturated heterocycles. The van der Waals surface area contributed by atoms with Gasteiger partial charge in [-0.15, -0.1) is 0 Å². The molecule has 0 aliphatic carbocycles. The van der Waals surface area contributed by atoms with Gasteiger partial charge in [-0.2, -0.15) is 0 Å². The molecule has 2 N–H and O–H groups in total. The summed E-state index contributed by atoms with van der Waals surface area (Å²) in [6.45, 7) is 3.29. The number of hydrogen-bond donors (Lipinski definition) is 2. The van der Waals surface area contributed by atoms with Crippen molar-refractivity contribution in [2.45, 2.75) is 31.6 Å². The Labute approximate surface area is 161 Å². The molecule has 3 nitrogen and oxygen atoms in total. The van der Waals surface area contributed by atoms with Crippen LogP contribution in [0.1, 0.15) is 36.3 Å². The van der Waals surface area contributed by atoms with Gasteiger partial charge in [-0.05, 0) is 55.1 Å². The smallest absolute Gasteiger partial charge is 0.115 e. The van der Waals surface area contributed by atoms with E-state index in [2.05, 4.69) is 52.5 Å². The fourth-order valence-corrected chi connectivity index (χ4v) is 4.07. The maximum Gasteiger partial charge on any atom is 0.115 e. The predicted molar refractivity (Wildman–Crippen MR) is 112 cm³/mol. The molecule has 2 heterocycles. The van der Waals surface area contributed by atoms with Crippen molar-refractivity contribution in [1.82, 2.24) is 9.88 Å². The van der Waals surface area contributed by atoms with Crippen LogP contribution >= 0.6 is 0 Å². The summed E-state index contributed by atoms with van der Waals surface area (Å²) in [5.41, 5.74) is 3.97. The monoisotopic (exact) mass is 360 g/mol. The van der Waals surface area contributed by atoms with E-state index in [0.717, 1.165) is 26.1 Å². The molecule has 0 amide bonds. The van der Waals surface area contributed by atoms with E-state index in [0.29, 0.717) is 11.7 Å². The molecule has 4 rings (SSSR count). The number of aromatic amines is 1. The Morgan fingerprint density at radius 1 is 1.00 bits per heavy atom. The van der Waals surface area contributed by atoms with Crippen LogP contribution in [0.25, 0.3) is 10.9 Å². The number of para-hydroxylation sites is 1. The van der Waals surface area contributed by atoms with E-state index in [9.17, 15) is 5.11 Å². The highest BCUT2D eigenvalue weighted by Crippen LogP contribution is 2.24. The van der Waals surface area contributed by atoms with Crippen molar-refractivity contribution in [2.24, 2.45) is 0 Å². The first kappa shape index (κ1) is 17.9. The highest BCUT2D eigenvalue weighted by atomic mass is 16.3. The Morgan fingerprint density at radius 2 is 1.85 bits per heavy atom. The van der Waals surface area contributed by atoms with Crippen molar-refractivity contribution in [3.05, 3.63) is 78.0 Å². The lowest BCUT2D eigenvalue weighted by Crippen LogP contribution is -2.32. The number of aromatic hydroxyl groups is 1. The summed E-state index contributed by atoms with van der Waals surface area (Å²) in [5.74, 6) is 0.774. The van der Waals surface area contributed by atoms with Crippen LogP contribution < -0.4 is 0 Å². The predicted octanol–water partition coefficient (Wildman–Crippen LogP) is 5.24. The lowest BCUT2D eigenvalue weighted by atomic mass is 9.95. The molecular formula is C24H28N2O. The summed E-state index contributed by atoms with van der Waals surface area (Å²) < 4.78 is 0. The average Bonchev–Trinajstić information content (AvgIpc) is 3.12. The number of phenols is 1. The van der Waals surface area contributed by atoms with Crippen molar-refractivity contribution in [1.29, 1.82) is 0 Å². The molecule has 3 heteroatoms. The van der Waals surface area contributed by atoms with Crippen LogP contribution in [0.5, 0.6) is 5.75 Å². The van der Waals surface area contributed by atoms with E-state index in [-0.39, 0.29) is 0 Å². The molecule has 0 radical (unpaired) electrons. The summed E-state index contributed by atoms with van der Waals surface area (Å²) in [5, 5.41) is 10.8. The van der Waals surface area contributed by atoms with Crippen LogP contribution in [0.15, 0.2) is 66.9 Å². The molecule has 2 aromatic carbocycles. The lowest BCUT2D eigenvalue weighted by Gasteiger charge is -2.29. The number of rotatable bonds is 7. The number of fused-ring (bicyclic) bond motifs is 1. The van der Waals surface area contributed by atoms with E-state index in [4.69, 9.17) is 0 Å². The Hall–Kier alpha value is -2.52. The quantitative estimate of drug-likeness (QED) is 0.447. The van der Waals surface area contributed by atoms with Gasteiger partial charge < -0.3 is 10.1 Å². The van der Waals surface area contributed by atoms with Gasteiger partial charge in [0, 0.05) is 36.1 Å². The zero-order valence-corrected chi connectivity index (χ0v) is 15.8. The summed E-state index contributed by atoms with van der Waals surface area (Å²) >= 11 is 0. The third kappa shape index (κ3) is 4.42. The highest BCUT2D eigenvalue weighted by molar-refractivity contribution is 5.82. The first-order chi connectivity index (χ1) is 13.3. The number of nitrogens with one attached hydrogen (secondary N) is 1. The molecule has 140 valence electrons. The SMILES string of the molecule is Oc1ccc(C2C=CCN(CCCCCc3c[nH]c4ccccc34)C2)cc1. The molecule has 0 bridgehead atoms. The standard InChI is InChI=1S/C24H28N2O/c27-22-13-11-19(12-14-22)21-8-6-16-26(18-21)15-5-1-2-7-20-17-25-24-10-4-3-9-23(20)24/h3-4,6,8-14,17,21,25,27H,1-2,5,7,15-16,18H2. The van der Waals surface area contributed by atoms with Crippen molar-refractivity contribution < 1.29 is 5.11 Å². The molecule has 0 spiro atoms. The van der Waals surface area contributed by atoms with Crippen molar-refractivity contribution in [3.63, 3.8) is 0 Å². The van der Waals surface area contributed by atoms with Crippen LogP contribution in [0.4, 0.5) is 0 Å². The molecule has 0 saturated carbocycles. The van der Waals surface area contributed by atoms with Gasteiger partial charge in [0.1, 0.15) is 5.75 Å². The van der Waals surface area contributed by atoms with Gasteiger partial charge in [-0.25, -0.2) is 0 Å². The van der Waals surface area contributed by atoms with Gasteiger partial charge in [0.15, 0.2) is 0 Å². The van der Waals surface area contributed by atoms with E-state index in [1.54, 1.807) is 12.1 Å². The maximum atomic E-state index is 9.47. The minimum atomic E-state index is 0.339. The minimum Gasteiger partial charge on any atom is -0.508 e. The fraction of sp³-hybridized carbons (Fsp3) is 0.333. The average molecular weight is 361 g/mol. The summed E-state index contributed by atoms with van der Waals surface area (Å²) in [6, 6.07) is 16.2. The fourth-order valence-electron chi connectivity index (χ4n) is 4.07. The third-order valence-corrected chi connectivity index (χ3v) is 5.60. The number of nitrogens with zero attached hydrogens (tertiary/aromatic N) is 1. The van der Waals surface area contributed by atoms with E-state index >= 15 is 0 Å². The molecule has 3 aromatic rings. The Kier molecular flexibility index (Phi) is 5.59. The van der Waals surface area contributed by atoms with Crippen molar-refractivity contribution in [3.8, 4) is 5.75 Å². The summed E-state index contributed by atoms with van der Waals surface area (Å²) in [7, 11) is 0. The summed E-state index contributed by atoms with van der Waals surface area (Å²) in [6.07, 6.45) is 11.7. The van der Waals surface area contributed by atoms with Gasteiger partial charge >= 0.3 is 0 Å². The Balaban J connectivity index is 1.21. The maximum absolute atomic E-state index is 9.47. The molecule has 27 heavy (non-hydrogen) atoms. The Bertz CT molecular complexity index is 894. The number of unbranched alkanes of at least 4 members (excludes halogenated alkanes) is 2. The Morgan fingerprint density at radius 3 is 2.74 bits per heavy atom. The van der Waals surface area contributed by atoms with Crippen LogP contribution in [-0.4, -0.2) is 34.6 Å². The topological polar surface area (TPSA) is 39.3 Å². The third-order valence-electron chi connectivity index (χ3n) is 5.60. The van der Waals surface area contributed by atoms with Gasteiger partial charge in [0.05, 0.1) is 0 Å². The van der Waals surface area contributed by atoms with Crippen LogP contribution in [0.3, 0.4) is 0 Å². The van der Waals surface area contributed by atoms with Crippen LogP contribution in [0, 0.1) is 0 Å². The zero-order chi connectivity index (χ0) is 18.5. The van der Waals surface area contributed by atoms with E-state index in [1.165, 1.54) is 41.3 Å². The molecule has 1 aromatic heterocycles. The lowest BCUT2D eigenvalue weighted by molar-refractivity contribution is 0.277. The van der Waals surface area contributed by atoms with E-state index < -0.39 is 0 Å². The number of H-pyrrole nitrogens is 1. The molecule has 0 fully saturated rings. The first-order valence-corrected chi connectivity index (χ1v) is 10.0. The molecule has 1 unspecified atom stereocenters. The second-order valence-corrected chi connectivity index (χ2v) is 7.56. The van der Waals surface area contributed by atoms with Gasteiger partial charge in [0.25, 0.3) is 0 Å². The number of aromatic nitrogens is 1. The van der Waals surface area contributed by atoms with Crippen molar-refractivity contribution in [2.75, 3.05) is 19.6 Å². The molecule has 1 atom stereocenters. The normalized spacial score (nSPS) is 17.6. The summed E-state index contributed by atoms with van der Waals surface area (Å²) in [4.78, 5) is 5.92. The van der Waals surface area contributed by atoms with E-state index in [1.807, 2.05) is 12.1 Å². The highest BCUT2D eigenvalue weighted by Gasteiger charge is 2.16. The molecule has 1 aliphatic heterocycles. The molecular weight excluding hydrogens is 332 g/mol. The van der Waals surface area contributed by atoms with Gasteiger partial charge in [-0.1, -0.05) is 48.9 Å². The first-order valence-electron chi connectivity index (χ1n) is 10.0. The largest absolute Gasteiger partial charge is 0.508 e. The second-order valence-electron chi connectivity index (χ2n) is 7.56.